The van der Waals surface area contributed by atoms with Gasteiger partial charge in [0.15, 0.2) is 0 Å². The van der Waals surface area contributed by atoms with Crippen LogP contribution in [0.1, 0.15) is 17.2 Å². The van der Waals surface area contributed by atoms with Crippen LogP contribution in [0.5, 0.6) is 0 Å². The molecule has 0 aliphatic carbocycles. The normalized spacial score (nSPS) is 18.9. The summed E-state index contributed by atoms with van der Waals surface area (Å²) in [6, 6.07) is 3.03. The predicted molar refractivity (Wildman–Crippen MR) is 73.0 cm³/mol. The van der Waals surface area contributed by atoms with Gasteiger partial charge in [0.2, 0.25) is 5.91 Å². The topological polar surface area (TPSA) is 52.7 Å². The number of halogens is 3. The summed E-state index contributed by atoms with van der Waals surface area (Å²) in [5.74, 6) is -0.613. The summed E-state index contributed by atoms with van der Waals surface area (Å²) in [6.07, 6.45) is -4.60. The van der Waals surface area contributed by atoms with Crippen molar-refractivity contribution in [2.45, 2.75) is 12.2 Å². The molecule has 1 saturated heterocycles. The van der Waals surface area contributed by atoms with Gasteiger partial charge < -0.3 is 15.1 Å². The number of nitrogens with one attached hydrogen (secondary N) is 1. The highest BCUT2D eigenvalue weighted by molar-refractivity contribution is 5.89. The van der Waals surface area contributed by atoms with Crippen LogP contribution in [0.2, 0.25) is 0 Å². The molecule has 1 aliphatic heterocycles. The Kier molecular flexibility index (Phi) is 4.30. The number of hydrogen-bond donors (Lipinski definition) is 1. The summed E-state index contributed by atoms with van der Waals surface area (Å²) in [5.41, 5.74) is -1.13. The van der Waals surface area contributed by atoms with Crippen molar-refractivity contribution in [1.82, 2.24) is 15.1 Å². The highest BCUT2D eigenvalue weighted by atomic mass is 19.4. The van der Waals surface area contributed by atoms with E-state index in [1.54, 1.807) is 0 Å². The molecule has 2 rings (SSSR count). The first-order valence-corrected chi connectivity index (χ1v) is 6.65. The Morgan fingerprint density at radius 2 is 1.95 bits per heavy atom. The molecule has 0 saturated carbocycles. The summed E-state index contributed by atoms with van der Waals surface area (Å²) in [5, 5.41) is 2.51. The molecule has 8 heteroatoms. The molecule has 1 heterocycles. The molecular formula is C14H16F3N3O2. The monoisotopic (exact) mass is 315 g/mol. The molecule has 0 radical (unpaired) electrons. The molecule has 5 nitrogen and oxygen atoms in total. The number of carbonyl (C=O) groups is 2. The summed E-state index contributed by atoms with van der Waals surface area (Å²) in [6.45, 7) is 0.364. The molecule has 0 bridgehead atoms. The minimum absolute atomic E-state index is 0.152. The van der Waals surface area contributed by atoms with Crippen molar-refractivity contribution < 1.29 is 22.8 Å². The van der Waals surface area contributed by atoms with Crippen LogP contribution in [0.3, 0.4) is 0 Å². The highest BCUT2D eigenvalue weighted by Crippen LogP contribution is 2.37. The maximum absolute atomic E-state index is 13.2. The van der Waals surface area contributed by atoms with E-state index in [0.717, 1.165) is 11.0 Å². The molecule has 3 amide bonds. The molecule has 1 aliphatic rings. The lowest BCUT2D eigenvalue weighted by Crippen LogP contribution is -2.54. The van der Waals surface area contributed by atoms with Gasteiger partial charge in [-0.05, 0) is 11.6 Å². The Bertz CT molecular complexity index is 587. The van der Waals surface area contributed by atoms with E-state index in [1.165, 1.54) is 37.2 Å². The first-order valence-electron chi connectivity index (χ1n) is 6.65. The van der Waals surface area contributed by atoms with E-state index >= 15 is 0 Å². The zero-order valence-corrected chi connectivity index (χ0v) is 12.1. The Labute approximate surface area is 125 Å². The largest absolute Gasteiger partial charge is 0.416 e. The number of piperazine rings is 1. The molecule has 120 valence electrons. The van der Waals surface area contributed by atoms with E-state index in [1.807, 2.05) is 0 Å². The van der Waals surface area contributed by atoms with Crippen molar-refractivity contribution >= 4 is 11.9 Å². The van der Waals surface area contributed by atoms with Gasteiger partial charge in [0.05, 0.1) is 5.56 Å². The van der Waals surface area contributed by atoms with E-state index in [4.69, 9.17) is 0 Å². The number of benzene rings is 1. The van der Waals surface area contributed by atoms with Crippen LogP contribution in [-0.2, 0) is 11.0 Å². The fraction of sp³-hybridized carbons (Fsp3) is 0.429. The third-order valence-electron chi connectivity index (χ3n) is 3.40. The van der Waals surface area contributed by atoms with Crippen molar-refractivity contribution in [3.8, 4) is 0 Å². The minimum atomic E-state index is -4.60. The van der Waals surface area contributed by atoms with Gasteiger partial charge in [-0.15, -0.1) is 0 Å². The highest BCUT2D eigenvalue weighted by Gasteiger charge is 2.41. The fourth-order valence-electron chi connectivity index (χ4n) is 2.43. The molecule has 0 spiro atoms. The van der Waals surface area contributed by atoms with Crippen LogP contribution in [0.4, 0.5) is 18.0 Å². The first-order chi connectivity index (χ1) is 10.2. The Morgan fingerprint density at radius 3 is 2.55 bits per heavy atom. The molecule has 0 unspecified atom stereocenters. The summed E-state index contributed by atoms with van der Waals surface area (Å²) in [7, 11) is 2.98. The number of alkyl halides is 3. The number of rotatable bonds is 1. The van der Waals surface area contributed by atoms with Crippen LogP contribution >= 0.6 is 0 Å². The molecule has 1 atom stereocenters. The van der Waals surface area contributed by atoms with Crippen molar-refractivity contribution in [1.29, 1.82) is 0 Å². The van der Waals surface area contributed by atoms with Gasteiger partial charge in [0.25, 0.3) is 0 Å². The maximum atomic E-state index is 13.2. The molecule has 22 heavy (non-hydrogen) atoms. The van der Waals surface area contributed by atoms with Crippen molar-refractivity contribution in [3.63, 3.8) is 0 Å². The van der Waals surface area contributed by atoms with E-state index in [2.05, 4.69) is 5.32 Å². The Morgan fingerprint density at radius 1 is 1.32 bits per heavy atom. The van der Waals surface area contributed by atoms with Gasteiger partial charge in [-0.1, -0.05) is 18.2 Å². The fourth-order valence-corrected chi connectivity index (χ4v) is 2.43. The lowest BCUT2D eigenvalue weighted by atomic mass is 9.96. The molecule has 1 N–H and O–H groups in total. The first kappa shape index (κ1) is 16.1. The van der Waals surface area contributed by atoms with Gasteiger partial charge in [0, 0.05) is 27.2 Å². The smallest absolute Gasteiger partial charge is 0.352 e. The lowest BCUT2D eigenvalue weighted by molar-refractivity contribution is -0.139. The minimum Gasteiger partial charge on any atom is -0.352 e. The van der Waals surface area contributed by atoms with Gasteiger partial charge in [0.1, 0.15) is 6.04 Å². The standard InChI is InChI=1S/C14H16F3N3O2/c1-19(2)13(22)20-8-7-18-12(21)11(20)9-5-3-4-6-10(9)14(15,16)17/h3-6,11H,7-8H2,1-2H3,(H,18,21)/t11-/m1/s1. The molecule has 1 aromatic carbocycles. The van der Waals surface area contributed by atoms with E-state index in [-0.39, 0.29) is 18.7 Å². The van der Waals surface area contributed by atoms with Gasteiger partial charge in [-0.3, -0.25) is 4.79 Å². The molecule has 1 aromatic rings. The Balaban J connectivity index is 2.51. The number of amides is 3. The summed E-state index contributed by atoms with van der Waals surface area (Å²) in [4.78, 5) is 26.7. The second kappa shape index (κ2) is 5.86. The summed E-state index contributed by atoms with van der Waals surface area (Å²) >= 11 is 0. The summed E-state index contributed by atoms with van der Waals surface area (Å²) < 4.78 is 39.5. The van der Waals surface area contributed by atoms with Crippen molar-refractivity contribution in [3.05, 3.63) is 35.4 Å². The molecule has 1 fully saturated rings. The predicted octanol–water partition coefficient (Wildman–Crippen LogP) is 1.86. The van der Waals surface area contributed by atoms with E-state index in [9.17, 15) is 22.8 Å². The quantitative estimate of drug-likeness (QED) is 0.860. The third kappa shape index (κ3) is 3.00. The van der Waals surface area contributed by atoms with Crippen LogP contribution in [-0.4, -0.2) is 48.9 Å². The average Bonchev–Trinajstić information content (AvgIpc) is 2.45. The number of urea groups is 1. The van der Waals surface area contributed by atoms with Gasteiger partial charge in [-0.25, -0.2) is 4.79 Å². The number of hydrogen-bond acceptors (Lipinski definition) is 2. The Hall–Kier alpha value is -2.25. The van der Waals surface area contributed by atoms with Crippen LogP contribution in [0.15, 0.2) is 24.3 Å². The molecular weight excluding hydrogens is 299 g/mol. The van der Waals surface area contributed by atoms with Crippen LogP contribution in [0, 0.1) is 0 Å². The lowest BCUT2D eigenvalue weighted by Gasteiger charge is -2.37. The maximum Gasteiger partial charge on any atom is 0.416 e. The van der Waals surface area contributed by atoms with E-state index < -0.39 is 29.7 Å². The second-order valence-corrected chi connectivity index (χ2v) is 5.15. The number of nitrogens with zero attached hydrogens (tertiary/aromatic N) is 2. The van der Waals surface area contributed by atoms with E-state index in [0.29, 0.717) is 0 Å². The zero-order chi connectivity index (χ0) is 16.5. The van der Waals surface area contributed by atoms with Crippen molar-refractivity contribution in [2.24, 2.45) is 0 Å². The zero-order valence-electron chi connectivity index (χ0n) is 12.1. The third-order valence-corrected chi connectivity index (χ3v) is 3.40. The van der Waals surface area contributed by atoms with Gasteiger partial charge >= 0.3 is 12.2 Å². The average molecular weight is 315 g/mol. The SMILES string of the molecule is CN(C)C(=O)N1CCNC(=O)[C@H]1c1ccccc1C(F)(F)F. The van der Waals surface area contributed by atoms with Crippen molar-refractivity contribution in [2.75, 3.05) is 27.2 Å². The van der Waals surface area contributed by atoms with Gasteiger partial charge in [-0.2, -0.15) is 13.2 Å². The number of carbonyl (C=O) groups excluding carboxylic acids is 2. The molecule has 0 aromatic heterocycles. The van der Waals surface area contributed by atoms with Crippen LogP contribution < -0.4 is 5.32 Å². The second-order valence-electron chi connectivity index (χ2n) is 5.15. The van der Waals surface area contributed by atoms with Crippen LogP contribution in [0.25, 0.3) is 0 Å².